The molecule has 17 heteroatoms. The first-order valence-electron chi connectivity index (χ1n) is 20.9. The fourth-order valence-electron chi connectivity index (χ4n) is 7.35. The highest BCUT2D eigenvalue weighted by Gasteiger charge is 2.46. The van der Waals surface area contributed by atoms with Crippen molar-refractivity contribution in [3.63, 3.8) is 0 Å². The van der Waals surface area contributed by atoms with E-state index in [0.29, 0.717) is 70.1 Å². The molecular formula is C42H61N9O7P+. The molecule has 3 atom stereocenters. The summed E-state index contributed by atoms with van der Waals surface area (Å²) in [5.74, 6) is -0.133. The van der Waals surface area contributed by atoms with E-state index in [9.17, 15) is 20.2 Å². The SMILES string of the molecule is Cc1ncc(CO[P+](O)(OCc2cnc(C)c(O)c2C=NCC2CCCCN2)OCc2cnc(C)c(O)c2C=NCC2CCCCN2)c(C=NCC2CCCCN2)c1O. The number of pyridine rings is 3. The Hall–Kier alpha value is -3.99. The van der Waals surface area contributed by atoms with Crippen molar-refractivity contribution in [1.29, 1.82) is 0 Å². The minimum atomic E-state index is -4.24. The number of nitrogens with zero attached hydrogens (tertiary/aromatic N) is 6. The van der Waals surface area contributed by atoms with Crippen molar-refractivity contribution in [1.82, 2.24) is 30.9 Å². The summed E-state index contributed by atoms with van der Waals surface area (Å²) in [6, 6.07) is 0.769. The summed E-state index contributed by atoms with van der Waals surface area (Å²) in [6.45, 7) is 8.83. The Morgan fingerprint density at radius 2 is 0.864 bits per heavy atom. The van der Waals surface area contributed by atoms with Crippen LogP contribution >= 0.6 is 8.17 Å². The van der Waals surface area contributed by atoms with Gasteiger partial charge in [0, 0.05) is 88.7 Å². The third kappa shape index (κ3) is 12.8. The molecule has 0 radical (unpaired) electrons. The van der Waals surface area contributed by atoms with E-state index in [1.807, 2.05) is 0 Å². The number of aromatic nitrogens is 3. The molecule has 320 valence electrons. The summed E-state index contributed by atoms with van der Waals surface area (Å²) < 4.78 is 18.4. The van der Waals surface area contributed by atoms with Gasteiger partial charge < -0.3 is 31.3 Å². The molecule has 59 heavy (non-hydrogen) atoms. The Labute approximate surface area is 347 Å². The average Bonchev–Trinajstić information content (AvgIpc) is 3.25. The first kappa shape index (κ1) is 44.6. The molecular weight excluding hydrogens is 773 g/mol. The van der Waals surface area contributed by atoms with E-state index in [1.165, 1.54) is 0 Å². The van der Waals surface area contributed by atoms with Crippen molar-refractivity contribution in [2.45, 2.75) is 117 Å². The van der Waals surface area contributed by atoms with Crippen molar-refractivity contribution in [3.8, 4) is 17.2 Å². The van der Waals surface area contributed by atoms with Crippen LogP contribution in [-0.2, 0) is 33.4 Å². The van der Waals surface area contributed by atoms with Crippen LogP contribution in [0.1, 0.15) is 108 Å². The standard InChI is InChI=1S/C42H60N9O7P/c1-28-40(52)37(22-43-19-34-10-4-7-13-46-34)31(16-49-28)25-56-59(55,57-26-32-17-50-29(2)41(53)38(32)23-44-20-35-11-5-8-14-47-35)58-27-33-18-51-30(3)42(54)39(33)24-45-21-36-12-6-9-15-48-36/h16-18,22-24,34-36,46-48,55H,4-15,19-21,25-27H2,1-3H3,(H2-,43,44,45,52,53,54)/p+1. The third-order valence-electron chi connectivity index (χ3n) is 11.1. The molecule has 3 aliphatic rings. The normalized spacial score (nSPS) is 21.5. The second-order valence-corrected chi connectivity index (χ2v) is 17.3. The molecule has 3 aromatic heterocycles. The number of aryl methyl sites for hydroxylation is 3. The van der Waals surface area contributed by atoms with Crippen molar-refractivity contribution < 1.29 is 33.8 Å². The van der Waals surface area contributed by atoms with Crippen LogP contribution in [0.4, 0.5) is 0 Å². The molecule has 0 amide bonds. The van der Waals surface area contributed by atoms with Crippen LogP contribution in [0.3, 0.4) is 0 Å². The number of hydrogen-bond acceptors (Lipinski definition) is 16. The largest absolute Gasteiger partial charge is 0.573 e. The molecule has 3 aromatic rings. The molecule has 16 nitrogen and oxygen atoms in total. The van der Waals surface area contributed by atoms with Crippen LogP contribution in [0.2, 0.25) is 0 Å². The molecule has 0 aliphatic carbocycles. The zero-order valence-corrected chi connectivity index (χ0v) is 35.5. The Balaban J connectivity index is 1.24. The monoisotopic (exact) mass is 834 g/mol. The van der Waals surface area contributed by atoms with Crippen molar-refractivity contribution in [2.24, 2.45) is 15.0 Å². The number of aromatic hydroxyl groups is 3. The second-order valence-electron chi connectivity index (χ2n) is 15.6. The fraction of sp³-hybridized carbons (Fsp3) is 0.571. The van der Waals surface area contributed by atoms with Gasteiger partial charge in [0.25, 0.3) is 0 Å². The minimum Gasteiger partial charge on any atom is -0.505 e. The topological polar surface area (TPSA) is 220 Å². The summed E-state index contributed by atoms with van der Waals surface area (Å²) in [5.41, 5.74) is 3.87. The fourth-order valence-corrected chi connectivity index (χ4v) is 8.48. The minimum absolute atomic E-state index is 0.0442. The van der Waals surface area contributed by atoms with Gasteiger partial charge in [0.2, 0.25) is 0 Å². The highest BCUT2D eigenvalue weighted by Crippen LogP contribution is 2.60. The highest BCUT2D eigenvalue weighted by molar-refractivity contribution is 7.55. The van der Waals surface area contributed by atoms with Crippen LogP contribution < -0.4 is 16.0 Å². The highest BCUT2D eigenvalue weighted by atomic mass is 31.2. The summed E-state index contributed by atoms with van der Waals surface area (Å²) in [5, 5.41) is 43.7. The zero-order valence-electron chi connectivity index (χ0n) is 34.6. The van der Waals surface area contributed by atoms with Gasteiger partial charge in [0.15, 0.2) is 0 Å². The van der Waals surface area contributed by atoms with Crippen LogP contribution in [0.25, 0.3) is 0 Å². The molecule has 0 bridgehead atoms. The van der Waals surface area contributed by atoms with Crippen molar-refractivity contribution >= 4 is 26.8 Å². The summed E-state index contributed by atoms with van der Waals surface area (Å²) in [6.07, 6.45) is 19.5. The molecule has 0 spiro atoms. The molecule has 0 aromatic carbocycles. The van der Waals surface area contributed by atoms with Gasteiger partial charge in [-0.05, 0) is 78.9 Å². The zero-order chi connectivity index (χ0) is 41.6. The summed E-state index contributed by atoms with van der Waals surface area (Å²) in [7, 11) is -4.24. The Kier molecular flexibility index (Phi) is 16.6. The van der Waals surface area contributed by atoms with Gasteiger partial charge in [0.05, 0.1) is 36.7 Å². The van der Waals surface area contributed by atoms with Gasteiger partial charge in [-0.2, -0.15) is 4.89 Å². The molecule has 3 unspecified atom stereocenters. The Morgan fingerprint density at radius 3 is 1.14 bits per heavy atom. The Bertz CT molecular complexity index is 1720. The van der Waals surface area contributed by atoms with Crippen LogP contribution in [0.5, 0.6) is 17.2 Å². The molecule has 3 fully saturated rings. The van der Waals surface area contributed by atoms with Gasteiger partial charge >= 0.3 is 8.17 Å². The van der Waals surface area contributed by atoms with Gasteiger partial charge in [-0.15, -0.1) is 13.6 Å². The second kappa shape index (κ2) is 22.0. The predicted molar refractivity (Wildman–Crippen MR) is 230 cm³/mol. The van der Waals surface area contributed by atoms with E-state index in [2.05, 4.69) is 45.9 Å². The number of rotatable bonds is 18. The van der Waals surface area contributed by atoms with E-state index < -0.39 is 8.17 Å². The smallest absolute Gasteiger partial charge is 0.505 e. The number of piperidine rings is 3. The maximum Gasteiger partial charge on any atom is 0.573 e. The molecule has 7 N–H and O–H groups in total. The first-order chi connectivity index (χ1) is 28.6. The third-order valence-corrected chi connectivity index (χ3v) is 12.5. The molecule has 6 heterocycles. The van der Waals surface area contributed by atoms with Gasteiger partial charge in [-0.3, -0.25) is 29.9 Å². The first-order valence-corrected chi connectivity index (χ1v) is 22.4. The van der Waals surface area contributed by atoms with E-state index >= 15 is 0 Å². The Morgan fingerprint density at radius 1 is 0.559 bits per heavy atom. The quantitative estimate of drug-likeness (QED) is 0.0647. The number of aliphatic imine (C=N–C) groups is 3. The van der Waals surface area contributed by atoms with Gasteiger partial charge in [-0.1, -0.05) is 19.3 Å². The number of nitrogens with one attached hydrogen (secondary N) is 3. The van der Waals surface area contributed by atoms with Crippen LogP contribution in [0, 0.1) is 20.8 Å². The maximum absolute atomic E-state index is 12.1. The lowest BCUT2D eigenvalue weighted by molar-refractivity contribution is 0.0660. The van der Waals surface area contributed by atoms with E-state index in [4.69, 9.17) is 13.6 Å². The van der Waals surface area contributed by atoms with E-state index in [-0.39, 0.29) is 55.2 Å². The van der Waals surface area contributed by atoms with Gasteiger partial charge in [0.1, 0.15) is 37.1 Å². The summed E-state index contributed by atoms with van der Waals surface area (Å²) in [4.78, 5) is 39.1. The van der Waals surface area contributed by atoms with Crippen molar-refractivity contribution in [3.05, 3.63) is 69.1 Å². The van der Waals surface area contributed by atoms with Crippen molar-refractivity contribution in [2.75, 3.05) is 39.3 Å². The summed E-state index contributed by atoms with van der Waals surface area (Å²) >= 11 is 0. The average molecular weight is 835 g/mol. The van der Waals surface area contributed by atoms with E-state index in [0.717, 1.165) is 77.4 Å². The lowest BCUT2D eigenvalue weighted by Crippen LogP contribution is -2.36. The van der Waals surface area contributed by atoms with Gasteiger partial charge in [-0.25, -0.2) is 0 Å². The number of hydrogen-bond donors (Lipinski definition) is 7. The molecule has 6 rings (SSSR count). The molecule has 3 saturated heterocycles. The molecule has 3 aliphatic heterocycles. The van der Waals surface area contributed by atoms with E-state index in [1.54, 1.807) is 58.0 Å². The maximum atomic E-state index is 12.1. The lowest BCUT2D eigenvalue weighted by Gasteiger charge is -2.21. The predicted octanol–water partition coefficient (Wildman–Crippen LogP) is 5.22. The lowest BCUT2D eigenvalue weighted by atomic mass is 10.1. The van der Waals surface area contributed by atoms with Crippen LogP contribution in [-0.4, -0.2) is 111 Å². The van der Waals surface area contributed by atoms with Crippen LogP contribution in [0.15, 0.2) is 33.6 Å². The molecule has 0 saturated carbocycles.